The molecule has 6 nitrogen and oxygen atoms in total. The van der Waals surface area contributed by atoms with Crippen LogP contribution in [0.2, 0.25) is 5.02 Å². The van der Waals surface area contributed by atoms with Crippen LogP contribution in [0.1, 0.15) is 40.9 Å². The Balaban J connectivity index is 2.14. The molecule has 0 saturated heterocycles. The van der Waals surface area contributed by atoms with Crippen LogP contribution >= 0.6 is 11.6 Å². The van der Waals surface area contributed by atoms with Crippen LogP contribution < -0.4 is 15.8 Å². The van der Waals surface area contributed by atoms with Crippen LogP contribution in [-0.4, -0.2) is 36.6 Å². The van der Waals surface area contributed by atoms with Crippen molar-refractivity contribution in [2.45, 2.75) is 26.2 Å². The summed E-state index contributed by atoms with van der Waals surface area (Å²) in [6.45, 7) is 4.32. The van der Waals surface area contributed by atoms with E-state index in [4.69, 9.17) is 22.1 Å². The number of methoxy groups -OCH3 is 1. The van der Waals surface area contributed by atoms with Crippen molar-refractivity contribution < 1.29 is 14.3 Å². The lowest BCUT2D eigenvalue weighted by atomic mass is 9.93. The van der Waals surface area contributed by atoms with E-state index in [2.05, 4.69) is 5.32 Å². The first-order valence-electron chi connectivity index (χ1n) is 9.81. The summed E-state index contributed by atoms with van der Waals surface area (Å²) in [5.41, 5.74) is 9.28. The van der Waals surface area contributed by atoms with Gasteiger partial charge in [0.05, 0.1) is 12.6 Å². The predicted octanol–water partition coefficient (Wildman–Crippen LogP) is 3.87. The number of nitrogens with zero attached hydrogens (tertiary/aromatic N) is 1. The minimum atomic E-state index is -0.136. The topological polar surface area (TPSA) is 86.3 Å². The molecule has 3 aromatic rings. The minimum Gasteiger partial charge on any atom is -0.497 e. The van der Waals surface area contributed by atoms with E-state index in [0.717, 1.165) is 22.2 Å². The minimum absolute atomic E-state index is 0.0225. The molecule has 0 bridgehead atoms. The second kappa shape index (κ2) is 9.32. The third-order valence-corrected chi connectivity index (χ3v) is 5.57. The molecule has 2 aromatic carbocycles. The molecule has 0 saturated carbocycles. The van der Waals surface area contributed by atoms with Gasteiger partial charge in [-0.25, -0.2) is 0 Å². The van der Waals surface area contributed by atoms with Crippen LogP contribution in [0.15, 0.2) is 42.5 Å². The average Bonchev–Trinajstić information content (AvgIpc) is 3.02. The Labute approximate surface area is 181 Å². The standard InChI is InChI=1S/C23H26ClN3O3/c1-14-22(17(13-25)10-11-26-15(2)28)20-12-19(30-3)8-9-21(20)27(14)23(29)16-4-6-18(24)7-5-16/h4-9,12,17H,10-11,13,25H2,1-3H3,(H,26,28). The Bertz CT molecular complexity index is 1070. The van der Waals surface area contributed by atoms with Crippen LogP contribution in [0.25, 0.3) is 10.9 Å². The molecule has 1 aromatic heterocycles. The zero-order valence-corrected chi connectivity index (χ0v) is 18.1. The molecule has 30 heavy (non-hydrogen) atoms. The lowest BCUT2D eigenvalue weighted by Gasteiger charge is -2.16. The number of halogens is 1. The molecule has 7 heteroatoms. The molecule has 1 atom stereocenters. The average molecular weight is 428 g/mol. The molecule has 0 aliphatic rings. The number of hydrogen-bond donors (Lipinski definition) is 2. The summed E-state index contributed by atoms with van der Waals surface area (Å²) in [7, 11) is 1.61. The number of hydrogen-bond acceptors (Lipinski definition) is 4. The van der Waals surface area contributed by atoms with Crippen molar-refractivity contribution in [3.8, 4) is 5.75 Å². The molecule has 0 fully saturated rings. The van der Waals surface area contributed by atoms with E-state index >= 15 is 0 Å². The van der Waals surface area contributed by atoms with E-state index in [0.29, 0.717) is 35.8 Å². The highest BCUT2D eigenvalue weighted by Crippen LogP contribution is 2.35. The van der Waals surface area contributed by atoms with Crippen molar-refractivity contribution in [3.05, 3.63) is 64.3 Å². The van der Waals surface area contributed by atoms with Crippen LogP contribution in [0.5, 0.6) is 5.75 Å². The van der Waals surface area contributed by atoms with Crippen molar-refractivity contribution in [2.24, 2.45) is 5.73 Å². The summed E-state index contributed by atoms with van der Waals surface area (Å²) in [6, 6.07) is 12.5. The highest BCUT2D eigenvalue weighted by atomic mass is 35.5. The molecule has 0 spiro atoms. The summed E-state index contributed by atoms with van der Waals surface area (Å²) in [4.78, 5) is 24.6. The van der Waals surface area contributed by atoms with Crippen LogP contribution in [-0.2, 0) is 4.79 Å². The number of rotatable bonds is 7. The zero-order chi connectivity index (χ0) is 21.8. The number of carbonyl (C=O) groups is 2. The quantitative estimate of drug-likeness (QED) is 0.599. The maximum atomic E-state index is 13.4. The van der Waals surface area contributed by atoms with E-state index in [1.807, 2.05) is 25.1 Å². The molecule has 3 N–H and O–H groups in total. The summed E-state index contributed by atoms with van der Waals surface area (Å²) in [5.74, 6) is 0.468. The first-order valence-corrected chi connectivity index (χ1v) is 10.2. The molecule has 0 aliphatic heterocycles. The fraction of sp³-hybridized carbons (Fsp3) is 0.304. The number of nitrogens with two attached hydrogens (primary N) is 1. The number of aromatic nitrogens is 1. The predicted molar refractivity (Wildman–Crippen MR) is 120 cm³/mol. The lowest BCUT2D eigenvalue weighted by molar-refractivity contribution is -0.118. The van der Waals surface area contributed by atoms with Crippen LogP contribution in [0.3, 0.4) is 0 Å². The second-order valence-corrected chi connectivity index (χ2v) is 7.67. The molecule has 3 rings (SSSR count). The fourth-order valence-corrected chi connectivity index (χ4v) is 3.98. The van der Waals surface area contributed by atoms with Gasteiger partial charge in [-0.15, -0.1) is 0 Å². The Hall–Kier alpha value is -2.83. The smallest absolute Gasteiger partial charge is 0.262 e. The Kier molecular flexibility index (Phi) is 6.80. The van der Waals surface area contributed by atoms with Gasteiger partial charge in [-0.1, -0.05) is 11.6 Å². The second-order valence-electron chi connectivity index (χ2n) is 7.23. The summed E-state index contributed by atoms with van der Waals surface area (Å²) >= 11 is 5.98. The molecule has 0 radical (unpaired) electrons. The zero-order valence-electron chi connectivity index (χ0n) is 17.4. The molecule has 1 amide bonds. The Morgan fingerprint density at radius 3 is 2.50 bits per heavy atom. The van der Waals surface area contributed by atoms with Crippen LogP contribution in [0, 0.1) is 6.92 Å². The molecule has 1 heterocycles. The van der Waals surface area contributed by atoms with Crippen molar-refractivity contribution >= 4 is 34.3 Å². The largest absolute Gasteiger partial charge is 0.497 e. The molecule has 158 valence electrons. The van der Waals surface area contributed by atoms with Gasteiger partial charge in [-0.3, -0.25) is 14.2 Å². The van der Waals surface area contributed by atoms with Crippen LogP contribution in [0.4, 0.5) is 0 Å². The fourth-order valence-electron chi connectivity index (χ4n) is 3.85. The first-order chi connectivity index (χ1) is 14.4. The third-order valence-electron chi connectivity index (χ3n) is 5.31. The van der Waals surface area contributed by atoms with Gasteiger partial charge in [-0.2, -0.15) is 0 Å². The molecular weight excluding hydrogens is 402 g/mol. The highest BCUT2D eigenvalue weighted by molar-refractivity contribution is 6.30. The summed E-state index contributed by atoms with van der Waals surface area (Å²) in [6.07, 6.45) is 0.669. The number of benzene rings is 2. The Morgan fingerprint density at radius 1 is 1.20 bits per heavy atom. The van der Waals surface area contributed by atoms with E-state index < -0.39 is 0 Å². The van der Waals surface area contributed by atoms with Gasteiger partial charge in [0.2, 0.25) is 5.91 Å². The SMILES string of the molecule is COc1ccc2c(c1)c(C(CN)CCNC(C)=O)c(C)n2C(=O)c1ccc(Cl)cc1. The highest BCUT2D eigenvalue weighted by Gasteiger charge is 2.25. The number of carbonyl (C=O) groups excluding carboxylic acids is 2. The molecular formula is C23H26ClN3O3. The van der Waals surface area contributed by atoms with Gasteiger partial charge >= 0.3 is 0 Å². The number of fused-ring (bicyclic) bond motifs is 1. The van der Waals surface area contributed by atoms with Gasteiger partial charge in [0.25, 0.3) is 5.91 Å². The number of ether oxygens (including phenoxy) is 1. The van der Waals surface area contributed by atoms with Crippen molar-refractivity contribution in [2.75, 3.05) is 20.2 Å². The van der Waals surface area contributed by atoms with Crippen molar-refractivity contribution in [1.29, 1.82) is 0 Å². The number of amides is 1. The van der Waals surface area contributed by atoms with Crippen molar-refractivity contribution in [1.82, 2.24) is 9.88 Å². The molecule has 1 unspecified atom stereocenters. The molecule has 0 aliphatic carbocycles. The van der Waals surface area contributed by atoms with E-state index in [-0.39, 0.29) is 17.7 Å². The first kappa shape index (κ1) is 21.9. The van der Waals surface area contributed by atoms with Gasteiger partial charge in [0.15, 0.2) is 0 Å². The van der Waals surface area contributed by atoms with E-state index in [9.17, 15) is 9.59 Å². The summed E-state index contributed by atoms with van der Waals surface area (Å²) < 4.78 is 7.13. The Morgan fingerprint density at radius 2 is 1.90 bits per heavy atom. The summed E-state index contributed by atoms with van der Waals surface area (Å²) in [5, 5.41) is 4.33. The maximum Gasteiger partial charge on any atom is 0.262 e. The maximum absolute atomic E-state index is 13.4. The van der Waals surface area contributed by atoms with Gasteiger partial charge in [-0.05, 0) is 67.9 Å². The number of nitrogens with one attached hydrogen (secondary N) is 1. The van der Waals surface area contributed by atoms with E-state index in [1.54, 1.807) is 35.9 Å². The van der Waals surface area contributed by atoms with E-state index in [1.165, 1.54) is 6.92 Å². The van der Waals surface area contributed by atoms with Gasteiger partial charge in [0.1, 0.15) is 5.75 Å². The lowest BCUT2D eigenvalue weighted by Crippen LogP contribution is -2.25. The van der Waals surface area contributed by atoms with Crippen molar-refractivity contribution in [3.63, 3.8) is 0 Å². The van der Waals surface area contributed by atoms with Gasteiger partial charge in [0, 0.05) is 41.1 Å². The third kappa shape index (κ3) is 4.35. The van der Waals surface area contributed by atoms with Gasteiger partial charge < -0.3 is 15.8 Å². The normalized spacial score (nSPS) is 12.0. The monoisotopic (exact) mass is 427 g/mol.